The Bertz CT molecular complexity index is 1090. The molecule has 32 heavy (non-hydrogen) atoms. The molecule has 1 aliphatic heterocycles. The van der Waals surface area contributed by atoms with Gasteiger partial charge in [0.15, 0.2) is 0 Å². The number of carbonyl (C=O) groups is 2. The molecule has 1 aliphatic rings. The van der Waals surface area contributed by atoms with E-state index in [4.69, 9.17) is 11.6 Å². The van der Waals surface area contributed by atoms with Gasteiger partial charge in [-0.05, 0) is 23.8 Å². The number of pyridine rings is 1. The molecular formula is C21H19ClF3N5O2. The van der Waals surface area contributed by atoms with Crippen LogP contribution in [0.5, 0.6) is 0 Å². The Kier molecular flexibility index (Phi) is 6.60. The van der Waals surface area contributed by atoms with E-state index < -0.39 is 12.1 Å². The lowest BCUT2D eigenvalue weighted by molar-refractivity contribution is -0.185. The predicted octanol–water partition coefficient (Wildman–Crippen LogP) is 3.19. The highest BCUT2D eigenvalue weighted by Gasteiger charge is 2.43. The van der Waals surface area contributed by atoms with Gasteiger partial charge in [-0.15, -0.1) is 0 Å². The van der Waals surface area contributed by atoms with Crippen molar-refractivity contribution in [2.45, 2.75) is 6.18 Å². The molecule has 7 nitrogen and oxygen atoms in total. The number of aromatic nitrogens is 1. The van der Waals surface area contributed by atoms with Crippen molar-refractivity contribution in [1.82, 2.24) is 14.8 Å². The Hall–Kier alpha value is -3.32. The molecule has 1 saturated heterocycles. The number of alkyl halides is 3. The van der Waals surface area contributed by atoms with Crippen LogP contribution in [-0.4, -0.2) is 73.0 Å². The number of carbonyl (C=O) groups excluding carboxylic acids is 2. The number of halogens is 4. The average molecular weight is 466 g/mol. The molecule has 0 unspecified atom stereocenters. The molecule has 2 aromatic rings. The summed E-state index contributed by atoms with van der Waals surface area (Å²) in [5.74, 6) is -1.77. The molecule has 2 amide bonds. The minimum absolute atomic E-state index is 0.121. The molecule has 0 aliphatic carbocycles. The van der Waals surface area contributed by atoms with Crippen LogP contribution in [0, 0.1) is 11.3 Å². The molecule has 0 saturated carbocycles. The maximum Gasteiger partial charge on any atom is 0.471 e. The first-order valence-corrected chi connectivity index (χ1v) is 9.93. The Balaban J connectivity index is 1.81. The van der Waals surface area contributed by atoms with Gasteiger partial charge in [-0.2, -0.15) is 18.4 Å². The molecule has 1 aromatic heterocycles. The van der Waals surface area contributed by atoms with Crippen LogP contribution in [0.1, 0.15) is 15.9 Å². The molecule has 0 atom stereocenters. The summed E-state index contributed by atoms with van der Waals surface area (Å²) < 4.78 is 37.9. The van der Waals surface area contributed by atoms with Crippen molar-refractivity contribution < 1.29 is 22.8 Å². The minimum atomic E-state index is -4.91. The van der Waals surface area contributed by atoms with Gasteiger partial charge in [-0.25, -0.2) is 4.98 Å². The number of rotatable bonds is 3. The quantitative estimate of drug-likeness (QED) is 0.695. The van der Waals surface area contributed by atoms with E-state index in [2.05, 4.69) is 11.1 Å². The minimum Gasteiger partial charge on any atom is -0.352 e. The van der Waals surface area contributed by atoms with Crippen LogP contribution >= 0.6 is 11.6 Å². The van der Waals surface area contributed by atoms with E-state index in [9.17, 15) is 28.0 Å². The molecule has 0 N–H and O–H groups in total. The number of nitriles is 1. The molecule has 0 spiro atoms. The number of anilines is 1. The van der Waals surface area contributed by atoms with Crippen LogP contribution in [-0.2, 0) is 4.79 Å². The molecule has 1 fully saturated rings. The van der Waals surface area contributed by atoms with Crippen LogP contribution in [0.15, 0.2) is 30.5 Å². The normalized spacial score (nSPS) is 14.2. The highest BCUT2D eigenvalue weighted by Crippen LogP contribution is 2.29. The van der Waals surface area contributed by atoms with Gasteiger partial charge in [0.2, 0.25) is 0 Å². The second-order valence-electron chi connectivity index (χ2n) is 7.38. The molecule has 1 aromatic carbocycles. The summed E-state index contributed by atoms with van der Waals surface area (Å²) in [6.45, 7) is -0.000723. The van der Waals surface area contributed by atoms with Gasteiger partial charge >= 0.3 is 12.1 Å². The fraction of sp³-hybridized carbons (Fsp3) is 0.333. The van der Waals surface area contributed by atoms with Crippen molar-refractivity contribution in [3.63, 3.8) is 0 Å². The third-order valence-electron chi connectivity index (χ3n) is 5.04. The predicted molar refractivity (Wildman–Crippen MR) is 112 cm³/mol. The topological polar surface area (TPSA) is 80.5 Å². The second kappa shape index (κ2) is 9.04. The molecule has 3 rings (SSSR count). The molecule has 168 valence electrons. The van der Waals surface area contributed by atoms with E-state index in [1.807, 2.05) is 0 Å². The van der Waals surface area contributed by atoms with Crippen LogP contribution in [0.4, 0.5) is 19.0 Å². The van der Waals surface area contributed by atoms with Crippen molar-refractivity contribution in [3.8, 4) is 17.2 Å². The summed E-state index contributed by atoms with van der Waals surface area (Å²) >= 11 is 6.26. The molecule has 0 radical (unpaired) electrons. The van der Waals surface area contributed by atoms with E-state index in [1.165, 1.54) is 11.1 Å². The van der Waals surface area contributed by atoms with Crippen molar-refractivity contribution in [1.29, 1.82) is 5.26 Å². The van der Waals surface area contributed by atoms with Crippen molar-refractivity contribution >= 4 is 29.2 Å². The van der Waals surface area contributed by atoms with Crippen molar-refractivity contribution in [2.75, 3.05) is 45.2 Å². The Morgan fingerprint density at radius 2 is 1.78 bits per heavy atom. The summed E-state index contributed by atoms with van der Waals surface area (Å²) in [6, 6.07) is 8.57. The van der Waals surface area contributed by atoms with Crippen LogP contribution in [0.25, 0.3) is 11.1 Å². The molecule has 11 heteroatoms. The maximum atomic E-state index is 12.6. The fourth-order valence-corrected chi connectivity index (χ4v) is 3.62. The largest absolute Gasteiger partial charge is 0.471 e. The number of nitrogens with zero attached hydrogens (tertiary/aromatic N) is 5. The first-order chi connectivity index (χ1) is 15.0. The summed E-state index contributed by atoms with van der Waals surface area (Å²) in [5, 5.41) is 9.85. The highest BCUT2D eigenvalue weighted by atomic mass is 35.5. The van der Waals surface area contributed by atoms with Crippen molar-refractivity contribution in [3.05, 3.63) is 46.6 Å². The Morgan fingerprint density at radius 1 is 1.12 bits per heavy atom. The zero-order chi connectivity index (χ0) is 23.6. The van der Waals surface area contributed by atoms with Gasteiger partial charge in [-0.3, -0.25) is 9.59 Å². The fourth-order valence-electron chi connectivity index (χ4n) is 3.36. The van der Waals surface area contributed by atoms with Gasteiger partial charge in [0, 0.05) is 52.0 Å². The van der Waals surface area contributed by atoms with E-state index in [1.54, 1.807) is 43.3 Å². The molecule has 2 heterocycles. The van der Waals surface area contributed by atoms with E-state index >= 15 is 0 Å². The highest BCUT2D eigenvalue weighted by molar-refractivity contribution is 6.34. The number of hydrogen-bond acceptors (Lipinski definition) is 5. The summed E-state index contributed by atoms with van der Waals surface area (Å²) in [5.41, 5.74) is 1.84. The van der Waals surface area contributed by atoms with Gasteiger partial charge < -0.3 is 14.7 Å². The van der Waals surface area contributed by atoms with E-state index in [0.29, 0.717) is 22.5 Å². The second-order valence-corrected chi connectivity index (χ2v) is 7.79. The lowest BCUT2D eigenvalue weighted by atomic mass is 10.0. The van der Waals surface area contributed by atoms with Crippen LogP contribution in [0.3, 0.4) is 0 Å². The maximum absolute atomic E-state index is 12.6. The summed E-state index contributed by atoms with van der Waals surface area (Å²) in [4.78, 5) is 31.7. The van der Waals surface area contributed by atoms with Gasteiger partial charge in [0.05, 0.1) is 16.1 Å². The Labute approximate surface area is 187 Å². The monoisotopic (exact) mass is 465 g/mol. The van der Waals surface area contributed by atoms with Crippen LogP contribution < -0.4 is 4.90 Å². The summed E-state index contributed by atoms with van der Waals surface area (Å²) in [7, 11) is 3.24. The Morgan fingerprint density at radius 3 is 2.31 bits per heavy atom. The first-order valence-electron chi connectivity index (χ1n) is 9.55. The van der Waals surface area contributed by atoms with Crippen molar-refractivity contribution in [2.24, 2.45) is 0 Å². The van der Waals surface area contributed by atoms with Gasteiger partial charge in [-0.1, -0.05) is 17.7 Å². The van der Waals surface area contributed by atoms with Crippen LogP contribution in [0.2, 0.25) is 5.02 Å². The number of benzene rings is 1. The lowest BCUT2D eigenvalue weighted by Crippen LogP contribution is -2.52. The van der Waals surface area contributed by atoms with Gasteiger partial charge in [0.25, 0.3) is 5.91 Å². The van der Waals surface area contributed by atoms with E-state index in [-0.39, 0.29) is 42.7 Å². The standard InChI is InChI=1S/C21H19ClF3N5O2/c1-28(2)19(31)16-4-3-13(10-17(16)22)15-9-14(11-26)18(27-12-15)29-5-7-30(8-6-29)20(32)21(23,24)25/h3-4,9-10,12H,5-8H2,1-2H3. The summed E-state index contributed by atoms with van der Waals surface area (Å²) in [6.07, 6.45) is -3.38. The lowest BCUT2D eigenvalue weighted by Gasteiger charge is -2.35. The zero-order valence-electron chi connectivity index (χ0n) is 17.3. The number of amides is 2. The number of piperazine rings is 1. The smallest absolute Gasteiger partial charge is 0.352 e. The third kappa shape index (κ3) is 4.78. The third-order valence-corrected chi connectivity index (χ3v) is 5.35. The number of hydrogen-bond donors (Lipinski definition) is 0. The van der Waals surface area contributed by atoms with Gasteiger partial charge in [0.1, 0.15) is 11.9 Å². The average Bonchev–Trinajstić information content (AvgIpc) is 2.77. The SMILES string of the molecule is CN(C)C(=O)c1ccc(-c2cnc(N3CCN(C(=O)C(F)(F)F)CC3)c(C#N)c2)cc1Cl. The first kappa shape index (κ1) is 23.3. The van der Waals surface area contributed by atoms with E-state index in [0.717, 1.165) is 4.90 Å². The zero-order valence-corrected chi connectivity index (χ0v) is 18.0. The molecule has 0 bridgehead atoms. The molecular weight excluding hydrogens is 447 g/mol.